The molecule has 1 N–H and O–H groups in total. The number of nitrogens with zero attached hydrogens (tertiary/aromatic N) is 3. The van der Waals surface area contributed by atoms with Gasteiger partial charge >= 0.3 is 0 Å². The van der Waals surface area contributed by atoms with Gasteiger partial charge in [-0.15, -0.1) is 0 Å². The van der Waals surface area contributed by atoms with Crippen molar-refractivity contribution < 1.29 is 9.32 Å². The number of amides is 1. The Bertz CT molecular complexity index is 1000. The zero-order valence-corrected chi connectivity index (χ0v) is 15.6. The highest BCUT2D eigenvalue weighted by atomic mass is 16.5. The van der Waals surface area contributed by atoms with Crippen LogP contribution in [-0.4, -0.2) is 32.5 Å². The van der Waals surface area contributed by atoms with Crippen LogP contribution in [0.3, 0.4) is 0 Å². The predicted molar refractivity (Wildman–Crippen MR) is 102 cm³/mol. The Morgan fingerprint density at radius 1 is 1.30 bits per heavy atom. The van der Waals surface area contributed by atoms with Gasteiger partial charge in [-0.3, -0.25) is 4.79 Å². The highest BCUT2D eigenvalue weighted by molar-refractivity contribution is 6.07. The van der Waals surface area contributed by atoms with Crippen molar-refractivity contribution in [3.8, 4) is 0 Å². The van der Waals surface area contributed by atoms with Crippen molar-refractivity contribution in [3.05, 3.63) is 46.7 Å². The summed E-state index contributed by atoms with van der Waals surface area (Å²) < 4.78 is 5.45. The first-order valence-electron chi connectivity index (χ1n) is 10.0. The van der Waals surface area contributed by atoms with E-state index in [0.29, 0.717) is 11.7 Å². The van der Waals surface area contributed by atoms with Gasteiger partial charge in [0.05, 0.1) is 11.1 Å². The summed E-state index contributed by atoms with van der Waals surface area (Å²) in [6.45, 7) is 2.73. The van der Waals surface area contributed by atoms with E-state index in [4.69, 9.17) is 4.52 Å². The summed E-state index contributed by atoms with van der Waals surface area (Å²) in [5.41, 5.74) is 4.44. The molecule has 5 rings (SSSR count). The molecule has 2 aromatic heterocycles. The van der Waals surface area contributed by atoms with Crippen molar-refractivity contribution in [2.75, 3.05) is 6.54 Å². The molecule has 1 aliphatic carbocycles. The van der Waals surface area contributed by atoms with Gasteiger partial charge in [0.2, 0.25) is 5.89 Å². The second-order valence-corrected chi connectivity index (χ2v) is 7.58. The normalized spacial score (nSPS) is 19.6. The summed E-state index contributed by atoms with van der Waals surface area (Å²) in [7, 11) is 0. The highest BCUT2D eigenvalue weighted by Crippen LogP contribution is 2.35. The standard InChI is InChI=1S/C21H24N4O2/c1-2-18-23-20(27-24-18)17-11-6-12-25(17)21(26)15-9-5-8-14-13-7-3-4-10-16(13)22-19(14)15/h5,8-9,17,22H,2-4,6-7,10-12H2,1H3/t17-/m0/s1. The number of fused-ring (bicyclic) bond motifs is 3. The third-order valence-electron chi connectivity index (χ3n) is 5.96. The summed E-state index contributed by atoms with van der Waals surface area (Å²) in [6.07, 6.45) is 7.17. The number of hydrogen-bond acceptors (Lipinski definition) is 4. The number of hydrogen-bond donors (Lipinski definition) is 1. The molecule has 1 atom stereocenters. The summed E-state index contributed by atoms with van der Waals surface area (Å²) in [5.74, 6) is 1.32. The van der Waals surface area contributed by atoms with Crippen LogP contribution in [0.4, 0.5) is 0 Å². The average molecular weight is 364 g/mol. The summed E-state index contributed by atoms with van der Waals surface area (Å²) in [4.78, 5) is 23.4. The number of aromatic amines is 1. The van der Waals surface area contributed by atoms with Gasteiger partial charge in [-0.1, -0.05) is 24.2 Å². The number of likely N-dealkylation sites (tertiary alicyclic amines) is 1. The largest absolute Gasteiger partial charge is 0.358 e. The molecule has 1 saturated heterocycles. The van der Waals surface area contributed by atoms with E-state index in [2.05, 4.69) is 21.2 Å². The zero-order valence-electron chi connectivity index (χ0n) is 15.6. The number of para-hydroxylation sites is 1. The van der Waals surface area contributed by atoms with Crippen molar-refractivity contribution >= 4 is 16.8 Å². The quantitative estimate of drug-likeness (QED) is 0.763. The molecule has 0 bridgehead atoms. The van der Waals surface area contributed by atoms with Crippen LogP contribution >= 0.6 is 0 Å². The molecule has 1 aliphatic heterocycles. The fourth-order valence-corrected chi connectivity index (χ4v) is 4.58. The lowest BCUT2D eigenvalue weighted by Crippen LogP contribution is -2.31. The summed E-state index contributed by atoms with van der Waals surface area (Å²) in [5, 5.41) is 5.22. The number of aromatic nitrogens is 3. The van der Waals surface area contributed by atoms with E-state index < -0.39 is 0 Å². The van der Waals surface area contributed by atoms with Crippen LogP contribution in [0.2, 0.25) is 0 Å². The van der Waals surface area contributed by atoms with Gasteiger partial charge in [0.15, 0.2) is 5.82 Å². The topological polar surface area (TPSA) is 75.0 Å². The molecule has 2 aliphatic rings. The molecule has 0 spiro atoms. The second kappa shape index (κ2) is 6.51. The molecular formula is C21H24N4O2. The van der Waals surface area contributed by atoms with Crippen LogP contribution in [0, 0.1) is 0 Å². The summed E-state index contributed by atoms with van der Waals surface area (Å²) in [6, 6.07) is 5.96. The van der Waals surface area contributed by atoms with Gasteiger partial charge in [-0.2, -0.15) is 4.98 Å². The number of nitrogens with one attached hydrogen (secondary N) is 1. The molecule has 1 amide bonds. The molecule has 1 aromatic carbocycles. The van der Waals surface area contributed by atoms with Crippen LogP contribution in [0.1, 0.15) is 72.0 Å². The fourth-order valence-electron chi connectivity index (χ4n) is 4.58. The second-order valence-electron chi connectivity index (χ2n) is 7.58. The van der Waals surface area contributed by atoms with Crippen molar-refractivity contribution in [1.29, 1.82) is 0 Å². The molecule has 27 heavy (non-hydrogen) atoms. The maximum Gasteiger partial charge on any atom is 0.256 e. The third kappa shape index (κ3) is 2.66. The number of benzene rings is 1. The van der Waals surface area contributed by atoms with Crippen molar-refractivity contribution in [3.63, 3.8) is 0 Å². The zero-order chi connectivity index (χ0) is 18.4. The van der Waals surface area contributed by atoms with E-state index in [-0.39, 0.29) is 11.9 Å². The molecule has 3 heterocycles. The Hall–Kier alpha value is -2.63. The monoisotopic (exact) mass is 364 g/mol. The Morgan fingerprint density at radius 3 is 3.04 bits per heavy atom. The average Bonchev–Trinajstić information content (AvgIpc) is 3.43. The van der Waals surface area contributed by atoms with Crippen LogP contribution in [-0.2, 0) is 19.3 Å². The molecule has 140 valence electrons. The summed E-state index contributed by atoms with van der Waals surface area (Å²) >= 11 is 0. The van der Waals surface area contributed by atoms with Crippen molar-refractivity contribution in [1.82, 2.24) is 20.0 Å². The maximum absolute atomic E-state index is 13.4. The molecule has 3 aromatic rings. The lowest BCUT2D eigenvalue weighted by molar-refractivity contribution is 0.0712. The van der Waals surface area contributed by atoms with E-state index in [0.717, 1.165) is 49.7 Å². The van der Waals surface area contributed by atoms with Crippen molar-refractivity contribution in [2.24, 2.45) is 0 Å². The first-order chi connectivity index (χ1) is 13.3. The van der Waals surface area contributed by atoms with E-state index in [1.54, 1.807) is 0 Å². The molecule has 6 nitrogen and oxygen atoms in total. The van der Waals surface area contributed by atoms with Gasteiger partial charge in [-0.25, -0.2) is 0 Å². The van der Waals surface area contributed by atoms with Gasteiger partial charge in [0.1, 0.15) is 6.04 Å². The molecule has 0 radical (unpaired) electrons. The number of carbonyl (C=O) groups is 1. The Labute approximate surface area is 157 Å². The van der Waals surface area contributed by atoms with Crippen LogP contribution in [0.15, 0.2) is 22.7 Å². The van der Waals surface area contributed by atoms with E-state index >= 15 is 0 Å². The van der Waals surface area contributed by atoms with E-state index in [1.165, 1.54) is 29.5 Å². The Balaban J connectivity index is 1.52. The number of carbonyl (C=O) groups excluding carboxylic acids is 1. The van der Waals surface area contributed by atoms with Gasteiger partial charge < -0.3 is 14.4 Å². The van der Waals surface area contributed by atoms with Crippen LogP contribution in [0.5, 0.6) is 0 Å². The Morgan fingerprint density at radius 2 is 2.19 bits per heavy atom. The number of rotatable bonds is 3. The molecule has 0 unspecified atom stereocenters. The predicted octanol–water partition coefficient (Wildman–Crippen LogP) is 3.97. The smallest absolute Gasteiger partial charge is 0.256 e. The first-order valence-corrected chi connectivity index (χ1v) is 10.0. The minimum atomic E-state index is -0.120. The Kier molecular flexibility index (Phi) is 3.99. The van der Waals surface area contributed by atoms with Gasteiger partial charge in [0, 0.05) is 24.0 Å². The minimum absolute atomic E-state index is 0.0537. The first kappa shape index (κ1) is 16.5. The van der Waals surface area contributed by atoms with Gasteiger partial charge in [0.25, 0.3) is 5.91 Å². The third-order valence-corrected chi connectivity index (χ3v) is 5.96. The lowest BCUT2D eigenvalue weighted by Gasteiger charge is -2.22. The molecule has 1 fully saturated rings. The molecule has 0 saturated carbocycles. The fraction of sp³-hybridized carbons (Fsp3) is 0.476. The van der Waals surface area contributed by atoms with E-state index in [1.807, 2.05) is 24.0 Å². The minimum Gasteiger partial charge on any atom is -0.358 e. The lowest BCUT2D eigenvalue weighted by atomic mass is 9.95. The number of H-pyrrole nitrogens is 1. The number of aryl methyl sites for hydroxylation is 3. The van der Waals surface area contributed by atoms with Crippen LogP contribution in [0.25, 0.3) is 10.9 Å². The molecule has 6 heteroatoms. The van der Waals surface area contributed by atoms with Gasteiger partial charge in [-0.05, 0) is 50.2 Å². The van der Waals surface area contributed by atoms with Crippen molar-refractivity contribution in [2.45, 2.75) is 57.9 Å². The SMILES string of the molecule is CCc1noc([C@@H]2CCCN2C(=O)c2cccc3c4c([nH]c23)CCCC4)n1. The highest BCUT2D eigenvalue weighted by Gasteiger charge is 2.35. The molecular weight excluding hydrogens is 340 g/mol. The maximum atomic E-state index is 13.4. The van der Waals surface area contributed by atoms with Crippen LogP contribution < -0.4 is 0 Å². The van der Waals surface area contributed by atoms with E-state index in [9.17, 15) is 4.79 Å².